The Labute approximate surface area is 118 Å². The van der Waals surface area contributed by atoms with E-state index < -0.39 is 23.6 Å². The molecule has 0 fully saturated rings. The minimum atomic E-state index is -0.685. The van der Waals surface area contributed by atoms with Crippen molar-refractivity contribution < 1.29 is 18.7 Å². The molecular weight excluding hydrogens is 261 g/mol. The lowest BCUT2D eigenvalue weighted by Gasteiger charge is -2.28. The van der Waals surface area contributed by atoms with E-state index in [0.29, 0.717) is 5.56 Å². The molecule has 0 aliphatic heterocycles. The van der Waals surface area contributed by atoms with Crippen LogP contribution in [0.4, 0.5) is 9.18 Å². The molecule has 5 heteroatoms. The zero-order valence-corrected chi connectivity index (χ0v) is 12.4. The predicted molar refractivity (Wildman–Crippen MR) is 74.2 cm³/mol. The van der Waals surface area contributed by atoms with E-state index in [9.17, 15) is 14.0 Å². The topological polar surface area (TPSA) is 46.6 Å². The maximum absolute atomic E-state index is 12.8. The van der Waals surface area contributed by atoms with Gasteiger partial charge in [0.05, 0.1) is 6.04 Å². The van der Waals surface area contributed by atoms with Gasteiger partial charge < -0.3 is 9.64 Å². The lowest BCUT2D eigenvalue weighted by atomic mass is 10.0. The van der Waals surface area contributed by atoms with E-state index >= 15 is 0 Å². The Hall–Kier alpha value is -1.91. The highest BCUT2D eigenvalue weighted by Crippen LogP contribution is 2.13. The highest BCUT2D eigenvalue weighted by Gasteiger charge is 2.27. The molecule has 20 heavy (non-hydrogen) atoms. The third-order valence-corrected chi connectivity index (χ3v) is 2.77. The van der Waals surface area contributed by atoms with E-state index in [0.717, 1.165) is 0 Å². The van der Waals surface area contributed by atoms with E-state index in [-0.39, 0.29) is 5.78 Å². The van der Waals surface area contributed by atoms with Gasteiger partial charge in [-0.1, -0.05) is 0 Å². The van der Waals surface area contributed by atoms with Crippen molar-refractivity contribution in [1.82, 2.24) is 4.90 Å². The summed E-state index contributed by atoms with van der Waals surface area (Å²) in [5.41, 5.74) is -0.265. The van der Waals surface area contributed by atoms with Crippen LogP contribution in [0, 0.1) is 5.82 Å². The van der Waals surface area contributed by atoms with Gasteiger partial charge in [0.25, 0.3) is 0 Å². The molecule has 1 atom stereocenters. The second kappa shape index (κ2) is 6.03. The number of benzene rings is 1. The number of amides is 1. The van der Waals surface area contributed by atoms with Crippen LogP contribution < -0.4 is 0 Å². The van der Waals surface area contributed by atoms with Crippen LogP contribution in [0.3, 0.4) is 0 Å². The third kappa shape index (κ3) is 4.33. The molecule has 0 N–H and O–H groups in total. The Morgan fingerprint density at radius 1 is 1.20 bits per heavy atom. The highest BCUT2D eigenvalue weighted by molar-refractivity contribution is 6.01. The van der Waals surface area contributed by atoms with Gasteiger partial charge in [0.1, 0.15) is 11.4 Å². The molecule has 0 aliphatic rings. The van der Waals surface area contributed by atoms with Crippen molar-refractivity contribution in [2.45, 2.75) is 39.3 Å². The zero-order chi connectivity index (χ0) is 15.5. The van der Waals surface area contributed by atoms with E-state index in [1.165, 1.54) is 36.2 Å². The molecule has 110 valence electrons. The smallest absolute Gasteiger partial charge is 0.410 e. The van der Waals surface area contributed by atoms with Crippen molar-refractivity contribution in [3.05, 3.63) is 35.6 Å². The fourth-order valence-corrected chi connectivity index (χ4v) is 1.52. The Balaban J connectivity index is 2.78. The van der Waals surface area contributed by atoms with Gasteiger partial charge in [-0.2, -0.15) is 0 Å². The number of rotatable bonds is 3. The van der Waals surface area contributed by atoms with Crippen molar-refractivity contribution in [3.8, 4) is 0 Å². The van der Waals surface area contributed by atoms with E-state index in [2.05, 4.69) is 0 Å². The first kappa shape index (κ1) is 16.1. The minimum Gasteiger partial charge on any atom is -0.444 e. The molecule has 1 rings (SSSR count). The average molecular weight is 281 g/mol. The van der Waals surface area contributed by atoms with Crippen LogP contribution in [0.15, 0.2) is 24.3 Å². The molecule has 4 nitrogen and oxygen atoms in total. The van der Waals surface area contributed by atoms with Crippen LogP contribution in [-0.4, -0.2) is 35.5 Å². The van der Waals surface area contributed by atoms with Crippen molar-refractivity contribution >= 4 is 11.9 Å². The predicted octanol–water partition coefficient (Wildman–Crippen LogP) is 3.26. The summed E-state index contributed by atoms with van der Waals surface area (Å²) < 4.78 is 18.0. The Morgan fingerprint density at radius 2 is 1.70 bits per heavy atom. The first-order valence-electron chi connectivity index (χ1n) is 6.37. The van der Waals surface area contributed by atoms with Crippen molar-refractivity contribution in [3.63, 3.8) is 0 Å². The van der Waals surface area contributed by atoms with Gasteiger partial charge in [-0.3, -0.25) is 4.79 Å². The Bertz CT molecular complexity index is 491. The maximum atomic E-state index is 12.8. The fourth-order valence-electron chi connectivity index (χ4n) is 1.52. The molecule has 0 spiro atoms. The van der Waals surface area contributed by atoms with E-state index in [4.69, 9.17) is 4.74 Å². The number of likely N-dealkylation sites (N-methyl/N-ethyl adjacent to an activating group) is 1. The minimum absolute atomic E-state index is 0.265. The molecule has 0 aliphatic carbocycles. The summed E-state index contributed by atoms with van der Waals surface area (Å²) in [4.78, 5) is 25.3. The summed E-state index contributed by atoms with van der Waals surface area (Å²) in [5.74, 6) is -0.673. The second-order valence-corrected chi connectivity index (χ2v) is 5.64. The summed E-state index contributed by atoms with van der Waals surface area (Å²) in [5, 5.41) is 0. The fraction of sp³-hybridized carbons (Fsp3) is 0.467. The molecular formula is C15H20FNO3. The monoisotopic (exact) mass is 281 g/mol. The number of ketones is 1. The highest BCUT2D eigenvalue weighted by atomic mass is 19.1. The van der Waals surface area contributed by atoms with Gasteiger partial charge in [0.2, 0.25) is 0 Å². The number of ether oxygens (including phenoxy) is 1. The SMILES string of the molecule is CC(C(=O)c1ccc(F)cc1)N(C)C(=O)OC(C)(C)C. The van der Waals surface area contributed by atoms with Crippen LogP contribution in [0.2, 0.25) is 0 Å². The second-order valence-electron chi connectivity index (χ2n) is 5.64. The lowest BCUT2D eigenvalue weighted by molar-refractivity contribution is 0.0231. The molecule has 0 bridgehead atoms. The number of nitrogens with zero attached hydrogens (tertiary/aromatic N) is 1. The summed E-state index contributed by atoms with van der Waals surface area (Å²) in [6.45, 7) is 6.87. The summed E-state index contributed by atoms with van der Waals surface area (Å²) in [6, 6.07) is 4.55. The van der Waals surface area contributed by atoms with Gasteiger partial charge in [-0.15, -0.1) is 0 Å². The van der Waals surface area contributed by atoms with Gasteiger partial charge in [0, 0.05) is 12.6 Å². The summed E-state index contributed by atoms with van der Waals surface area (Å²) >= 11 is 0. The van der Waals surface area contributed by atoms with Crippen molar-refractivity contribution in [1.29, 1.82) is 0 Å². The number of hydrogen-bond acceptors (Lipinski definition) is 3. The van der Waals surface area contributed by atoms with Crippen LogP contribution in [0.25, 0.3) is 0 Å². The van der Waals surface area contributed by atoms with Crippen molar-refractivity contribution in [2.75, 3.05) is 7.05 Å². The standard InChI is InChI=1S/C15H20FNO3/c1-10(17(5)14(19)20-15(2,3)4)13(18)11-6-8-12(16)9-7-11/h6-10H,1-5H3. The molecule has 0 heterocycles. The number of carbonyl (C=O) groups is 2. The Morgan fingerprint density at radius 3 is 2.15 bits per heavy atom. The number of halogens is 1. The number of Topliss-reactive ketones (excluding diaryl/α,β-unsaturated/α-hetero) is 1. The van der Waals surface area contributed by atoms with Gasteiger partial charge in [0.15, 0.2) is 5.78 Å². The van der Waals surface area contributed by atoms with Crippen LogP contribution in [0.1, 0.15) is 38.1 Å². The third-order valence-electron chi connectivity index (χ3n) is 2.77. The van der Waals surface area contributed by atoms with Crippen LogP contribution >= 0.6 is 0 Å². The number of carbonyl (C=O) groups excluding carboxylic acids is 2. The molecule has 0 radical (unpaired) electrons. The quantitative estimate of drug-likeness (QED) is 0.799. The zero-order valence-electron chi connectivity index (χ0n) is 12.4. The van der Waals surface area contributed by atoms with Gasteiger partial charge in [-0.05, 0) is 52.0 Å². The molecule has 1 unspecified atom stereocenters. The molecule has 1 amide bonds. The van der Waals surface area contributed by atoms with E-state index in [1.54, 1.807) is 27.7 Å². The van der Waals surface area contributed by atoms with Gasteiger partial charge >= 0.3 is 6.09 Å². The molecule has 0 saturated heterocycles. The van der Waals surface area contributed by atoms with Crippen molar-refractivity contribution in [2.24, 2.45) is 0 Å². The summed E-state index contributed by atoms with van der Waals surface area (Å²) in [7, 11) is 1.50. The largest absolute Gasteiger partial charge is 0.444 e. The average Bonchev–Trinajstić information content (AvgIpc) is 2.35. The summed E-state index contributed by atoms with van der Waals surface area (Å²) in [6.07, 6.45) is -0.569. The van der Waals surface area contributed by atoms with E-state index in [1.807, 2.05) is 0 Å². The number of hydrogen-bond donors (Lipinski definition) is 0. The van der Waals surface area contributed by atoms with Gasteiger partial charge in [-0.25, -0.2) is 9.18 Å². The molecule has 1 aromatic rings. The normalized spacial score (nSPS) is 12.7. The first-order valence-corrected chi connectivity index (χ1v) is 6.37. The Kier molecular flexibility index (Phi) is 4.87. The lowest BCUT2D eigenvalue weighted by Crippen LogP contribution is -2.43. The van der Waals surface area contributed by atoms with Crippen LogP contribution in [-0.2, 0) is 4.74 Å². The molecule has 1 aromatic carbocycles. The molecule has 0 saturated carbocycles. The first-order chi connectivity index (χ1) is 9.11. The van der Waals surface area contributed by atoms with Crippen LogP contribution in [0.5, 0.6) is 0 Å². The molecule has 0 aromatic heterocycles. The maximum Gasteiger partial charge on any atom is 0.410 e.